The van der Waals surface area contributed by atoms with E-state index in [2.05, 4.69) is 20.8 Å². The maximum absolute atomic E-state index is 12.9. The molecule has 21 heavy (non-hydrogen) atoms. The van der Waals surface area contributed by atoms with E-state index >= 15 is 0 Å². The maximum atomic E-state index is 12.9. The number of hydrogen-bond acceptors (Lipinski definition) is 3. The second kappa shape index (κ2) is 7.92. The molecule has 2 amide bonds. The highest BCUT2D eigenvalue weighted by Crippen LogP contribution is 2.33. The highest BCUT2D eigenvalue weighted by Gasteiger charge is 2.43. The van der Waals surface area contributed by atoms with Gasteiger partial charge in [0.15, 0.2) is 0 Å². The van der Waals surface area contributed by atoms with E-state index in [-0.39, 0.29) is 17.4 Å². The number of hydrogen-bond donors (Lipinski definition) is 1. The number of thioether (sulfide) groups is 1. The number of rotatable bonds is 6. The van der Waals surface area contributed by atoms with Gasteiger partial charge in [0.05, 0.1) is 5.37 Å². The van der Waals surface area contributed by atoms with Crippen molar-refractivity contribution >= 4 is 23.8 Å². The highest BCUT2D eigenvalue weighted by molar-refractivity contribution is 8.00. The zero-order valence-electron chi connectivity index (χ0n) is 13.7. The SMILES string of the molecule is CCCC1SCC(C(=O)O)N1C(=O)N(CC(C)C)C(C)C. The lowest BCUT2D eigenvalue weighted by atomic mass is 10.1. The molecule has 1 saturated heterocycles. The average molecular weight is 316 g/mol. The van der Waals surface area contributed by atoms with Gasteiger partial charge in [0.1, 0.15) is 6.04 Å². The van der Waals surface area contributed by atoms with Crippen LogP contribution in [0.15, 0.2) is 0 Å². The number of nitrogens with zero attached hydrogens (tertiary/aromatic N) is 2. The number of carboxylic acid groups (broad SMARTS) is 1. The molecule has 1 aliphatic heterocycles. The first-order valence-corrected chi connectivity index (χ1v) is 8.77. The molecular formula is C15H28N2O3S. The van der Waals surface area contributed by atoms with Gasteiger partial charge in [-0.2, -0.15) is 0 Å². The van der Waals surface area contributed by atoms with Gasteiger partial charge in [-0.1, -0.05) is 27.2 Å². The van der Waals surface area contributed by atoms with Crippen molar-refractivity contribution in [1.82, 2.24) is 9.80 Å². The quantitative estimate of drug-likeness (QED) is 0.818. The van der Waals surface area contributed by atoms with Gasteiger partial charge in [0, 0.05) is 18.3 Å². The van der Waals surface area contributed by atoms with E-state index in [0.717, 1.165) is 12.8 Å². The van der Waals surface area contributed by atoms with Crippen molar-refractivity contribution in [3.05, 3.63) is 0 Å². The monoisotopic (exact) mass is 316 g/mol. The molecule has 0 spiro atoms. The summed E-state index contributed by atoms with van der Waals surface area (Å²) in [7, 11) is 0. The molecule has 122 valence electrons. The smallest absolute Gasteiger partial charge is 0.327 e. The third-order valence-corrected chi connectivity index (χ3v) is 4.92. The normalized spacial score (nSPS) is 22.1. The van der Waals surface area contributed by atoms with Crippen LogP contribution < -0.4 is 0 Å². The molecule has 0 aromatic carbocycles. The molecule has 2 unspecified atom stereocenters. The van der Waals surface area contributed by atoms with Gasteiger partial charge in [-0.15, -0.1) is 11.8 Å². The fraction of sp³-hybridized carbons (Fsp3) is 0.867. The second-order valence-electron chi connectivity index (χ2n) is 6.26. The number of carbonyl (C=O) groups is 2. The van der Waals surface area contributed by atoms with Crippen LogP contribution in [-0.2, 0) is 4.79 Å². The molecular weight excluding hydrogens is 288 g/mol. The summed E-state index contributed by atoms with van der Waals surface area (Å²) < 4.78 is 0. The molecule has 1 fully saturated rings. The van der Waals surface area contributed by atoms with Crippen LogP contribution in [0.4, 0.5) is 4.79 Å². The fourth-order valence-corrected chi connectivity index (χ4v) is 4.04. The zero-order valence-corrected chi connectivity index (χ0v) is 14.5. The Kier molecular flexibility index (Phi) is 6.84. The predicted octanol–water partition coefficient (Wildman–Crippen LogP) is 3.10. The molecule has 0 radical (unpaired) electrons. The van der Waals surface area contributed by atoms with Crippen LogP contribution in [0.25, 0.3) is 0 Å². The molecule has 5 nitrogen and oxygen atoms in total. The Morgan fingerprint density at radius 1 is 1.33 bits per heavy atom. The van der Waals surface area contributed by atoms with E-state index < -0.39 is 12.0 Å². The largest absolute Gasteiger partial charge is 0.480 e. The van der Waals surface area contributed by atoms with Crippen molar-refractivity contribution in [2.45, 2.75) is 64.9 Å². The summed E-state index contributed by atoms with van der Waals surface area (Å²) in [6, 6.07) is -0.760. The first kappa shape index (κ1) is 18.1. The zero-order chi connectivity index (χ0) is 16.2. The van der Waals surface area contributed by atoms with Gasteiger partial charge in [-0.25, -0.2) is 9.59 Å². The third kappa shape index (κ3) is 4.53. The summed E-state index contributed by atoms with van der Waals surface area (Å²) in [4.78, 5) is 27.7. The van der Waals surface area contributed by atoms with Crippen LogP contribution in [0.1, 0.15) is 47.5 Å². The molecule has 6 heteroatoms. The molecule has 0 aromatic rings. The minimum atomic E-state index is -0.900. The molecule has 2 atom stereocenters. The van der Waals surface area contributed by atoms with Gasteiger partial charge in [0.2, 0.25) is 0 Å². The number of carbonyl (C=O) groups excluding carboxylic acids is 1. The second-order valence-corrected chi connectivity index (χ2v) is 7.47. The van der Waals surface area contributed by atoms with Crippen LogP contribution in [-0.4, -0.2) is 56.7 Å². The molecule has 1 N–H and O–H groups in total. The van der Waals surface area contributed by atoms with Gasteiger partial charge < -0.3 is 10.0 Å². The maximum Gasteiger partial charge on any atom is 0.327 e. The predicted molar refractivity (Wildman–Crippen MR) is 86.5 cm³/mol. The van der Waals surface area contributed by atoms with Gasteiger partial charge >= 0.3 is 12.0 Å². The summed E-state index contributed by atoms with van der Waals surface area (Å²) >= 11 is 1.59. The van der Waals surface area contributed by atoms with Gasteiger partial charge in [0.25, 0.3) is 0 Å². The van der Waals surface area contributed by atoms with Crippen LogP contribution in [0.5, 0.6) is 0 Å². The number of amides is 2. The Labute approximate surface area is 132 Å². The number of aliphatic carboxylic acids is 1. The summed E-state index contributed by atoms with van der Waals surface area (Å²) in [6.45, 7) is 10.8. The Morgan fingerprint density at radius 3 is 2.38 bits per heavy atom. The number of carboxylic acids is 1. The molecule has 0 aromatic heterocycles. The molecule has 1 heterocycles. The average Bonchev–Trinajstić information content (AvgIpc) is 2.79. The first-order chi connectivity index (χ1) is 9.79. The summed E-state index contributed by atoms with van der Waals surface area (Å²) in [6.07, 6.45) is 1.79. The van der Waals surface area contributed by atoms with E-state index in [1.807, 2.05) is 13.8 Å². The van der Waals surface area contributed by atoms with Crippen LogP contribution in [0, 0.1) is 5.92 Å². The fourth-order valence-electron chi connectivity index (χ4n) is 2.53. The Bertz CT molecular complexity index is 374. The Hall–Kier alpha value is -0.910. The van der Waals surface area contributed by atoms with Crippen molar-refractivity contribution in [2.75, 3.05) is 12.3 Å². The molecule has 0 saturated carbocycles. The lowest BCUT2D eigenvalue weighted by molar-refractivity contribution is -0.141. The summed E-state index contributed by atoms with van der Waals surface area (Å²) in [5, 5.41) is 9.38. The van der Waals surface area contributed by atoms with Crippen molar-refractivity contribution in [3.8, 4) is 0 Å². The topological polar surface area (TPSA) is 60.9 Å². The van der Waals surface area contributed by atoms with Crippen molar-refractivity contribution in [3.63, 3.8) is 0 Å². The summed E-state index contributed by atoms with van der Waals surface area (Å²) in [5.74, 6) is -0.0541. The van der Waals surface area contributed by atoms with Crippen LogP contribution >= 0.6 is 11.8 Å². The van der Waals surface area contributed by atoms with E-state index in [0.29, 0.717) is 18.2 Å². The van der Waals surface area contributed by atoms with E-state index in [1.54, 1.807) is 21.6 Å². The highest BCUT2D eigenvalue weighted by atomic mass is 32.2. The van der Waals surface area contributed by atoms with Crippen molar-refractivity contribution < 1.29 is 14.7 Å². The third-order valence-electron chi connectivity index (χ3n) is 3.56. The van der Waals surface area contributed by atoms with E-state index in [1.165, 1.54) is 0 Å². The van der Waals surface area contributed by atoms with Crippen LogP contribution in [0.2, 0.25) is 0 Å². The Morgan fingerprint density at radius 2 is 1.95 bits per heavy atom. The lowest BCUT2D eigenvalue weighted by Crippen LogP contribution is -2.54. The molecule has 1 rings (SSSR count). The minimum absolute atomic E-state index is 0.0167. The van der Waals surface area contributed by atoms with Gasteiger partial charge in [-0.05, 0) is 26.2 Å². The van der Waals surface area contributed by atoms with Crippen molar-refractivity contribution in [2.24, 2.45) is 5.92 Å². The van der Waals surface area contributed by atoms with E-state index in [4.69, 9.17) is 0 Å². The van der Waals surface area contributed by atoms with Crippen LogP contribution in [0.3, 0.4) is 0 Å². The molecule has 0 bridgehead atoms. The Balaban J connectivity index is 2.98. The van der Waals surface area contributed by atoms with Gasteiger partial charge in [-0.3, -0.25) is 4.90 Å². The van der Waals surface area contributed by atoms with Crippen molar-refractivity contribution in [1.29, 1.82) is 0 Å². The lowest BCUT2D eigenvalue weighted by Gasteiger charge is -2.36. The number of urea groups is 1. The molecule has 1 aliphatic rings. The first-order valence-electron chi connectivity index (χ1n) is 7.72. The summed E-state index contributed by atoms with van der Waals surface area (Å²) in [5.41, 5.74) is 0. The minimum Gasteiger partial charge on any atom is -0.480 e. The standard InChI is InChI=1S/C15H28N2O3S/c1-6-7-13-17(12(9-21-13)14(18)19)15(20)16(11(4)5)8-10(2)3/h10-13H,6-9H2,1-5H3,(H,18,19). The van der Waals surface area contributed by atoms with E-state index in [9.17, 15) is 14.7 Å². The molecule has 0 aliphatic carbocycles.